The van der Waals surface area contributed by atoms with E-state index in [0.29, 0.717) is 25.3 Å². The molecule has 1 rings (SSSR count). The highest BCUT2D eigenvalue weighted by atomic mass is 16.5. The first-order chi connectivity index (χ1) is 12.8. The van der Waals surface area contributed by atoms with E-state index < -0.39 is 5.97 Å². The van der Waals surface area contributed by atoms with Gasteiger partial charge in [-0.2, -0.15) is 0 Å². The molecule has 7 heteroatoms. The standard InChI is InChI=1S/C20H31N3O4/c1-6-19(24)26-16-14-23(5)18-9-7-17(8-10-18)20(25)27-15-13-22(4)12-11-21(2)3/h6-10H,1,11-16H2,2-5H3. The van der Waals surface area contributed by atoms with Crippen molar-refractivity contribution in [3.05, 3.63) is 42.5 Å². The Morgan fingerprint density at radius 3 is 2.15 bits per heavy atom. The van der Waals surface area contributed by atoms with Gasteiger partial charge in [0.25, 0.3) is 0 Å². The molecule has 7 nitrogen and oxygen atoms in total. The van der Waals surface area contributed by atoms with Crippen LogP contribution in [0.3, 0.4) is 0 Å². The Morgan fingerprint density at radius 1 is 0.926 bits per heavy atom. The average molecular weight is 377 g/mol. The minimum absolute atomic E-state index is 0.270. The van der Waals surface area contributed by atoms with Gasteiger partial charge in [-0.05, 0) is 45.4 Å². The lowest BCUT2D eigenvalue weighted by Crippen LogP contribution is -2.31. The summed E-state index contributed by atoms with van der Waals surface area (Å²) in [5.74, 6) is -0.765. The molecule has 0 bridgehead atoms. The molecule has 0 aliphatic carbocycles. The number of hydrogen-bond donors (Lipinski definition) is 0. The van der Waals surface area contributed by atoms with Crippen LogP contribution in [0.2, 0.25) is 0 Å². The van der Waals surface area contributed by atoms with Crippen molar-refractivity contribution in [1.82, 2.24) is 9.80 Å². The van der Waals surface area contributed by atoms with Gasteiger partial charge in [0.15, 0.2) is 0 Å². The zero-order chi connectivity index (χ0) is 20.2. The first kappa shape index (κ1) is 22.7. The van der Waals surface area contributed by atoms with Crippen LogP contribution in [0.5, 0.6) is 0 Å². The van der Waals surface area contributed by atoms with E-state index in [4.69, 9.17) is 9.47 Å². The summed E-state index contributed by atoms with van der Waals surface area (Å²) in [6.07, 6.45) is 1.14. The Morgan fingerprint density at radius 2 is 1.56 bits per heavy atom. The van der Waals surface area contributed by atoms with Crippen molar-refractivity contribution < 1.29 is 19.1 Å². The second-order valence-electron chi connectivity index (χ2n) is 6.58. The Bertz CT molecular complexity index is 602. The number of nitrogens with zero attached hydrogens (tertiary/aromatic N) is 3. The van der Waals surface area contributed by atoms with Crippen molar-refractivity contribution >= 4 is 17.6 Å². The van der Waals surface area contributed by atoms with Crippen molar-refractivity contribution in [1.29, 1.82) is 0 Å². The van der Waals surface area contributed by atoms with E-state index in [2.05, 4.69) is 16.4 Å². The number of ether oxygens (including phenoxy) is 2. The molecule has 0 N–H and O–H groups in total. The van der Waals surface area contributed by atoms with Crippen LogP contribution in [-0.2, 0) is 14.3 Å². The SMILES string of the molecule is C=CC(=O)OCCN(C)c1ccc(C(=O)OCCN(C)CCN(C)C)cc1. The van der Waals surface area contributed by atoms with E-state index in [0.717, 1.165) is 24.9 Å². The lowest BCUT2D eigenvalue weighted by molar-refractivity contribution is -0.137. The quantitative estimate of drug-likeness (QED) is 0.404. The molecule has 0 aliphatic rings. The minimum atomic E-state index is -0.436. The molecular weight excluding hydrogens is 346 g/mol. The maximum atomic E-state index is 12.1. The van der Waals surface area contributed by atoms with E-state index in [1.807, 2.05) is 45.2 Å². The molecule has 1 aromatic rings. The van der Waals surface area contributed by atoms with E-state index in [9.17, 15) is 9.59 Å². The summed E-state index contributed by atoms with van der Waals surface area (Å²) in [7, 11) is 7.96. The summed E-state index contributed by atoms with van der Waals surface area (Å²) in [5.41, 5.74) is 1.44. The molecule has 0 heterocycles. The van der Waals surface area contributed by atoms with Crippen molar-refractivity contribution in [2.45, 2.75) is 0 Å². The minimum Gasteiger partial charge on any atom is -0.461 e. The maximum absolute atomic E-state index is 12.1. The third kappa shape index (κ3) is 9.21. The highest BCUT2D eigenvalue weighted by Crippen LogP contribution is 2.14. The molecular formula is C20H31N3O4. The van der Waals surface area contributed by atoms with E-state index in [-0.39, 0.29) is 12.6 Å². The molecule has 0 radical (unpaired) electrons. The number of carbonyl (C=O) groups excluding carboxylic acids is 2. The van der Waals surface area contributed by atoms with Crippen LogP contribution in [0.15, 0.2) is 36.9 Å². The van der Waals surface area contributed by atoms with Crippen LogP contribution in [0, 0.1) is 0 Å². The van der Waals surface area contributed by atoms with Gasteiger partial charge in [-0.1, -0.05) is 6.58 Å². The predicted octanol–water partition coefficient (Wildman–Crippen LogP) is 1.50. The molecule has 0 aliphatic heterocycles. The molecule has 0 saturated carbocycles. The van der Waals surface area contributed by atoms with Gasteiger partial charge in [0.2, 0.25) is 0 Å². The summed E-state index contributed by atoms with van der Waals surface area (Å²) in [6.45, 7) is 7.11. The molecule has 0 aromatic heterocycles. The first-order valence-electron chi connectivity index (χ1n) is 8.94. The predicted molar refractivity (Wildman–Crippen MR) is 107 cm³/mol. The van der Waals surface area contributed by atoms with Gasteiger partial charge in [0.05, 0.1) is 12.1 Å². The van der Waals surface area contributed by atoms with Gasteiger partial charge in [-0.3, -0.25) is 0 Å². The molecule has 150 valence electrons. The van der Waals surface area contributed by atoms with E-state index in [1.165, 1.54) is 0 Å². The smallest absolute Gasteiger partial charge is 0.338 e. The maximum Gasteiger partial charge on any atom is 0.338 e. The van der Waals surface area contributed by atoms with Crippen LogP contribution in [0.25, 0.3) is 0 Å². The number of carbonyl (C=O) groups is 2. The zero-order valence-corrected chi connectivity index (χ0v) is 16.8. The fourth-order valence-corrected chi connectivity index (χ4v) is 2.18. The molecule has 0 fully saturated rings. The lowest BCUT2D eigenvalue weighted by atomic mass is 10.2. The Balaban J connectivity index is 2.38. The zero-order valence-electron chi connectivity index (χ0n) is 16.8. The number of anilines is 1. The summed E-state index contributed by atoms with van der Waals surface area (Å²) >= 11 is 0. The van der Waals surface area contributed by atoms with Gasteiger partial charge in [0, 0.05) is 38.4 Å². The number of rotatable bonds is 12. The van der Waals surface area contributed by atoms with Crippen LogP contribution in [0.1, 0.15) is 10.4 Å². The van der Waals surface area contributed by atoms with Crippen molar-refractivity contribution in [2.75, 3.05) is 72.5 Å². The summed E-state index contributed by atoms with van der Waals surface area (Å²) in [6, 6.07) is 7.16. The van der Waals surface area contributed by atoms with Crippen LogP contribution < -0.4 is 4.90 Å². The van der Waals surface area contributed by atoms with Gasteiger partial charge >= 0.3 is 11.9 Å². The van der Waals surface area contributed by atoms with Crippen molar-refractivity contribution in [3.63, 3.8) is 0 Å². The molecule has 0 spiro atoms. The highest BCUT2D eigenvalue weighted by molar-refractivity contribution is 5.89. The monoisotopic (exact) mass is 377 g/mol. The average Bonchev–Trinajstić information content (AvgIpc) is 2.66. The van der Waals surface area contributed by atoms with Gasteiger partial charge in [-0.25, -0.2) is 9.59 Å². The second-order valence-corrected chi connectivity index (χ2v) is 6.58. The Kier molecular flexibility index (Phi) is 10.1. The summed E-state index contributed by atoms with van der Waals surface area (Å²) in [4.78, 5) is 29.3. The first-order valence-corrected chi connectivity index (χ1v) is 8.94. The summed E-state index contributed by atoms with van der Waals surface area (Å²) in [5, 5.41) is 0. The molecule has 0 atom stereocenters. The van der Waals surface area contributed by atoms with Gasteiger partial charge in [-0.15, -0.1) is 0 Å². The normalized spacial score (nSPS) is 10.7. The molecule has 0 amide bonds. The lowest BCUT2D eigenvalue weighted by Gasteiger charge is -2.20. The van der Waals surface area contributed by atoms with Crippen molar-refractivity contribution in [2.24, 2.45) is 0 Å². The second kappa shape index (κ2) is 12.1. The van der Waals surface area contributed by atoms with Crippen LogP contribution in [0.4, 0.5) is 5.69 Å². The van der Waals surface area contributed by atoms with Crippen LogP contribution >= 0.6 is 0 Å². The van der Waals surface area contributed by atoms with Crippen molar-refractivity contribution in [3.8, 4) is 0 Å². The Hall–Kier alpha value is -2.38. The van der Waals surface area contributed by atoms with Gasteiger partial charge < -0.3 is 24.2 Å². The molecule has 27 heavy (non-hydrogen) atoms. The largest absolute Gasteiger partial charge is 0.461 e. The molecule has 1 aromatic carbocycles. The Labute approximate surface area is 162 Å². The topological polar surface area (TPSA) is 62.3 Å². The number of hydrogen-bond acceptors (Lipinski definition) is 7. The van der Waals surface area contributed by atoms with Crippen LogP contribution in [-0.4, -0.2) is 89.3 Å². The third-order valence-electron chi connectivity index (χ3n) is 4.02. The highest BCUT2D eigenvalue weighted by Gasteiger charge is 2.09. The molecule has 0 unspecified atom stereocenters. The third-order valence-corrected chi connectivity index (χ3v) is 4.02. The fraction of sp³-hybridized carbons (Fsp3) is 0.500. The van der Waals surface area contributed by atoms with Gasteiger partial charge in [0.1, 0.15) is 13.2 Å². The number of esters is 2. The number of benzene rings is 1. The van der Waals surface area contributed by atoms with E-state index >= 15 is 0 Å². The van der Waals surface area contributed by atoms with E-state index in [1.54, 1.807) is 12.1 Å². The summed E-state index contributed by atoms with van der Waals surface area (Å²) < 4.78 is 10.3. The fourth-order valence-electron chi connectivity index (χ4n) is 2.18. The molecule has 0 saturated heterocycles. The number of likely N-dealkylation sites (N-methyl/N-ethyl adjacent to an activating group) is 3.